The highest BCUT2D eigenvalue weighted by Gasteiger charge is 2.15. The number of carbonyl (C=O) groups is 1. The Morgan fingerprint density at radius 2 is 1.86 bits per heavy atom. The molecule has 1 N–H and O–H groups in total. The number of hydrazone groups is 1. The molecule has 1 fully saturated rings. The smallest absolute Gasteiger partial charge is 0.272 e. The van der Waals surface area contributed by atoms with Crippen LogP contribution in [0, 0.1) is 0 Å². The molecule has 0 radical (unpaired) electrons. The van der Waals surface area contributed by atoms with Gasteiger partial charge in [0.15, 0.2) is 11.5 Å². The maximum absolute atomic E-state index is 13.3. The number of morpholine rings is 1. The van der Waals surface area contributed by atoms with Crippen LogP contribution in [0.25, 0.3) is 22.2 Å². The molecular formula is C34H38N4O4. The zero-order valence-corrected chi connectivity index (χ0v) is 24.5. The van der Waals surface area contributed by atoms with E-state index in [1.807, 2.05) is 48.5 Å². The van der Waals surface area contributed by atoms with Crippen LogP contribution < -0.4 is 14.9 Å². The molecule has 1 aliphatic heterocycles. The number of carbonyl (C=O) groups excluding carboxylic acids is 1. The first-order valence-electron chi connectivity index (χ1n) is 14.5. The molecule has 42 heavy (non-hydrogen) atoms. The summed E-state index contributed by atoms with van der Waals surface area (Å²) in [5.41, 5.74) is 7.72. The molecule has 0 saturated carbocycles. The molecule has 8 heteroatoms. The number of pyridine rings is 1. The number of nitrogens with zero attached hydrogens (tertiary/aromatic N) is 3. The fourth-order valence-corrected chi connectivity index (χ4v) is 4.95. The molecule has 4 aromatic rings. The van der Waals surface area contributed by atoms with Gasteiger partial charge >= 0.3 is 0 Å². The molecule has 1 saturated heterocycles. The van der Waals surface area contributed by atoms with E-state index in [0.717, 1.165) is 67.0 Å². The standard InChI is InChI=1S/C34H38N4O4/c1-4-24(2)26-10-12-27(13-11-26)31-22-29(28-7-5-6-8-30(28)36-31)34(39)37-35-23-25-9-14-32(33(21-25)40-3)42-20-17-38-15-18-41-19-16-38/h5-14,21-24H,4,15-20H2,1-3H3,(H,37,39)/b35-23-/t24-/m0/s1. The summed E-state index contributed by atoms with van der Waals surface area (Å²) in [5.74, 6) is 1.46. The quantitative estimate of drug-likeness (QED) is 0.180. The van der Waals surface area contributed by atoms with E-state index in [9.17, 15) is 4.79 Å². The second kappa shape index (κ2) is 14.1. The predicted molar refractivity (Wildman–Crippen MR) is 167 cm³/mol. The van der Waals surface area contributed by atoms with Gasteiger partial charge in [0, 0.05) is 30.6 Å². The number of fused-ring (bicyclic) bond motifs is 1. The monoisotopic (exact) mass is 566 g/mol. The van der Waals surface area contributed by atoms with Crippen molar-refractivity contribution >= 4 is 23.0 Å². The summed E-state index contributed by atoms with van der Waals surface area (Å²) in [6, 6.07) is 23.5. The Morgan fingerprint density at radius 3 is 2.62 bits per heavy atom. The second-order valence-electron chi connectivity index (χ2n) is 10.4. The zero-order valence-electron chi connectivity index (χ0n) is 24.5. The van der Waals surface area contributed by atoms with Crippen LogP contribution in [0.2, 0.25) is 0 Å². The third-order valence-electron chi connectivity index (χ3n) is 7.68. The number of amides is 1. The van der Waals surface area contributed by atoms with Crippen molar-refractivity contribution in [2.45, 2.75) is 26.2 Å². The van der Waals surface area contributed by atoms with Gasteiger partial charge in [-0.05, 0) is 53.8 Å². The Labute approximate surface area is 247 Å². The Kier molecular flexibility index (Phi) is 9.79. The summed E-state index contributed by atoms with van der Waals surface area (Å²) in [6.45, 7) is 9.16. The number of nitrogens with one attached hydrogen (secondary N) is 1. The lowest BCUT2D eigenvalue weighted by Crippen LogP contribution is -2.38. The Balaban J connectivity index is 1.28. The fourth-order valence-electron chi connectivity index (χ4n) is 4.95. The van der Waals surface area contributed by atoms with E-state index >= 15 is 0 Å². The minimum atomic E-state index is -0.308. The number of hydrogen-bond donors (Lipinski definition) is 1. The lowest BCUT2D eigenvalue weighted by molar-refractivity contribution is 0.0321. The normalized spacial score (nSPS) is 14.6. The summed E-state index contributed by atoms with van der Waals surface area (Å²) >= 11 is 0. The van der Waals surface area contributed by atoms with Gasteiger partial charge in [-0.1, -0.05) is 56.3 Å². The second-order valence-corrected chi connectivity index (χ2v) is 10.4. The summed E-state index contributed by atoms with van der Waals surface area (Å²) in [7, 11) is 1.61. The van der Waals surface area contributed by atoms with Crippen LogP contribution in [0.15, 0.2) is 77.9 Å². The van der Waals surface area contributed by atoms with Gasteiger partial charge in [-0.2, -0.15) is 5.10 Å². The van der Waals surface area contributed by atoms with E-state index in [1.165, 1.54) is 5.56 Å². The third kappa shape index (κ3) is 7.13. The number of ether oxygens (including phenoxy) is 3. The average Bonchev–Trinajstić information content (AvgIpc) is 3.04. The molecule has 1 amide bonds. The van der Waals surface area contributed by atoms with Crippen molar-refractivity contribution in [1.82, 2.24) is 15.3 Å². The zero-order chi connectivity index (χ0) is 29.3. The van der Waals surface area contributed by atoms with Gasteiger partial charge in [-0.25, -0.2) is 10.4 Å². The molecule has 8 nitrogen and oxygen atoms in total. The van der Waals surface area contributed by atoms with Crippen molar-refractivity contribution < 1.29 is 19.0 Å². The molecule has 0 spiro atoms. The van der Waals surface area contributed by atoms with Crippen LogP contribution >= 0.6 is 0 Å². The summed E-state index contributed by atoms with van der Waals surface area (Å²) in [4.78, 5) is 20.5. The van der Waals surface area contributed by atoms with E-state index in [0.29, 0.717) is 29.6 Å². The predicted octanol–water partition coefficient (Wildman–Crippen LogP) is 5.90. The molecular weight excluding hydrogens is 528 g/mol. The maximum atomic E-state index is 13.3. The van der Waals surface area contributed by atoms with Gasteiger partial charge in [-0.3, -0.25) is 9.69 Å². The molecule has 0 aliphatic carbocycles. The molecule has 1 atom stereocenters. The maximum Gasteiger partial charge on any atom is 0.272 e. The largest absolute Gasteiger partial charge is 0.493 e. The molecule has 218 valence electrons. The van der Waals surface area contributed by atoms with Gasteiger partial charge in [0.05, 0.1) is 43.3 Å². The molecule has 1 aliphatic rings. The molecule has 0 unspecified atom stereocenters. The van der Waals surface area contributed by atoms with Crippen molar-refractivity contribution in [3.05, 3.63) is 89.5 Å². The number of rotatable bonds is 11. The van der Waals surface area contributed by atoms with Crippen LogP contribution in [0.3, 0.4) is 0 Å². The first-order chi connectivity index (χ1) is 20.6. The summed E-state index contributed by atoms with van der Waals surface area (Å²) in [5, 5.41) is 5.01. The number of hydrogen-bond acceptors (Lipinski definition) is 7. The van der Waals surface area contributed by atoms with E-state index < -0.39 is 0 Å². The highest BCUT2D eigenvalue weighted by atomic mass is 16.5. The van der Waals surface area contributed by atoms with Gasteiger partial charge in [0.25, 0.3) is 5.91 Å². The van der Waals surface area contributed by atoms with Crippen LogP contribution in [0.5, 0.6) is 11.5 Å². The molecule has 3 aromatic carbocycles. The van der Waals surface area contributed by atoms with Crippen LogP contribution in [0.4, 0.5) is 0 Å². The number of aromatic nitrogens is 1. The first-order valence-corrected chi connectivity index (χ1v) is 14.5. The van der Waals surface area contributed by atoms with E-state index in [1.54, 1.807) is 13.3 Å². The van der Waals surface area contributed by atoms with Gasteiger partial charge in [-0.15, -0.1) is 0 Å². The Morgan fingerprint density at radius 1 is 1.07 bits per heavy atom. The highest BCUT2D eigenvalue weighted by Crippen LogP contribution is 2.29. The SMILES string of the molecule is CC[C@H](C)c1ccc(-c2cc(C(=O)N/N=C\c3ccc(OCCN4CCOCC4)c(OC)c3)c3ccccc3n2)cc1. The summed E-state index contributed by atoms with van der Waals surface area (Å²) in [6.07, 6.45) is 2.67. The lowest BCUT2D eigenvalue weighted by Gasteiger charge is -2.26. The minimum absolute atomic E-state index is 0.308. The average molecular weight is 567 g/mol. The van der Waals surface area contributed by atoms with Crippen LogP contribution in [-0.2, 0) is 4.74 Å². The highest BCUT2D eigenvalue weighted by molar-refractivity contribution is 6.07. The van der Waals surface area contributed by atoms with Crippen molar-refractivity contribution in [1.29, 1.82) is 0 Å². The van der Waals surface area contributed by atoms with Gasteiger partial charge < -0.3 is 14.2 Å². The van der Waals surface area contributed by atoms with Gasteiger partial charge in [0.2, 0.25) is 0 Å². The number of methoxy groups -OCH3 is 1. The summed E-state index contributed by atoms with van der Waals surface area (Å²) < 4.78 is 16.9. The van der Waals surface area contributed by atoms with Crippen molar-refractivity contribution in [3.63, 3.8) is 0 Å². The van der Waals surface area contributed by atoms with Gasteiger partial charge in [0.1, 0.15) is 6.61 Å². The molecule has 0 bridgehead atoms. The Bertz CT molecular complexity index is 1530. The molecule has 5 rings (SSSR count). The molecule has 2 heterocycles. The topological polar surface area (TPSA) is 85.3 Å². The molecule has 1 aromatic heterocycles. The van der Waals surface area contributed by atoms with E-state index in [-0.39, 0.29) is 5.91 Å². The fraction of sp³-hybridized carbons (Fsp3) is 0.324. The first kappa shape index (κ1) is 29.2. The number of para-hydroxylation sites is 1. The lowest BCUT2D eigenvalue weighted by atomic mass is 9.96. The van der Waals surface area contributed by atoms with Crippen LogP contribution in [-0.4, -0.2) is 68.6 Å². The number of benzene rings is 3. The van der Waals surface area contributed by atoms with Crippen LogP contribution in [0.1, 0.15) is 47.7 Å². The third-order valence-corrected chi connectivity index (χ3v) is 7.68. The van der Waals surface area contributed by atoms with Crippen molar-refractivity contribution in [3.8, 4) is 22.8 Å². The van der Waals surface area contributed by atoms with E-state index in [4.69, 9.17) is 19.2 Å². The van der Waals surface area contributed by atoms with E-state index in [2.05, 4.69) is 53.5 Å². The van der Waals surface area contributed by atoms with Crippen molar-refractivity contribution in [2.24, 2.45) is 5.10 Å². The van der Waals surface area contributed by atoms with Crippen molar-refractivity contribution in [2.75, 3.05) is 46.6 Å². The Hall–Kier alpha value is -4.27. The minimum Gasteiger partial charge on any atom is -0.493 e.